The number of nitrogens with zero attached hydrogens (tertiary/aromatic N) is 1. The summed E-state index contributed by atoms with van der Waals surface area (Å²) in [4.78, 5) is 14.0. The second kappa shape index (κ2) is 5.08. The molecule has 0 aliphatic heterocycles. The molecule has 0 fully saturated rings. The summed E-state index contributed by atoms with van der Waals surface area (Å²) < 4.78 is 39.9. The Hall–Kier alpha value is -2.03. The minimum absolute atomic E-state index is 0.0304. The Kier molecular flexibility index (Phi) is 3.96. The van der Waals surface area contributed by atoms with E-state index in [1.54, 1.807) is 0 Å². The molecule has 0 atom stereocenters. The molecule has 0 aromatic carbocycles. The lowest BCUT2D eigenvalue weighted by Crippen LogP contribution is -2.20. The van der Waals surface area contributed by atoms with E-state index in [1.807, 2.05) is 0 Å². The molecule has 1 aromatic rings. The van der Waals surface area contributed by atoms with Gasteiger partial charge in [-0.25, -0.2) is 4.98 Å². The third-order valence-corrected chi connectivity index (χ3v) is 1.93. The number of nitrogens with two attached hydrogens (primary N) is 2. The smallest absolute Gasteiger partial charge is 0.481 e. The third kappa shape index (κ3) is 3.77. The SMILES string of the molecule is NCc1cc(CC(=O)O)c(N)c(OC(F)(F)F)n1. The van der Waals surface area contributed by atoms with Gasteiger partial charge in [0.25, 0.3) is 0 Å². The van der Waals surface area contributed by atoms with Gasteiger partial charge in [0.1, 0.15) is 0 Å². The van der Waals surface area contributed by atoms with E-state index in [0.717, 1.165) is 0 Å². The van der Waals surface area contributed by atoms with Crippen LogP contribution in [0.3, 0.4) is 0 Å². The lowest BCUT2D eigenvalue weighted by Gasteiger charge is -2.13. The summed E-state index contributed by atoms with van der Waals surface area (Å²) in [5.41, 5.74) is 10.2. The Morgan fingerprint density at radius 1 is 1.50 bits per heavy atom. The molecule has 5 N–H and O–H groups in total. The molecule has 18 heavy (non-hydrogen) atoms. The highest BCUT2D eigenvalue weighted by Crippen LogP contribution is 2.29. The second-order valence-corrected chi connectivity index (χ2v) is 3.31. The molecule has 9 heteroatoms. The van der Waals surface area contributed by atoms with E-state index in [1.165, 1.54) is 6.07 Å². The molecule has 0 radical (unpaired) electrons. The molecular weight excluding hydrogens is 255 g/mol. The van der Waals surface area contributed by atoms with Crippen LogP contribution in [0.25, 0.3) is 0 Å². The fourth-order valence-corrected chi connectivity index (χ4v) is 1.24. The number of pyridine rings is 1. The van der Waals surface area contributed by atoms with Crippen molar-refractivity contribution in [2.45, 2.75) is 19.3 Å². The van der Waals surface area contributed by atoms with Crippen LogP contribution in [0.2, 0.25) is 0 Å². The van der Waals surface area contributed by atoms with Crippen LogP contribution in [-0.2, 0) is 17.8 Å². The highest BCUT2D eigenvalue weighted by molar-refractivity contribution is 5.74. The molecule has 0 bridgehead atoms. The van der Waals surface area contributed by atoms with Gasteiger partial charge >= 0.3 is 12.3 Å². The van der Waals surface area contributed by atoms with Gasteiger partial charge in [-0.2, -0.15) is 0 Å². The Labute approximate surface area is 99.4 Å². The molecule has 0 saturated carbocycles. The number of aromatic nitrogens is 1. The van der Waals surface area contributed by atoms with Crippen LogP contribution in [0.15, 0.2) is 6.07 Å². The van der Waals surface area contributed by atoms with Gasteiger partial charge in [-0.05, 0) is 11.6 Å². The molecule has 0 aliphatic rings. The number of nitrogen functional groups attached to an aromatic ring is 1. The second-order valence-electron chi connectivity index (χ2n) is 3.31. The summed E-state index contributed by atoms with van der Waals surface area (Å²) >= 11 is 0. The first kappa shape index (κ1) is 14.0. The Morgan fingerprint density at radius 2 is 2.11 bits per heavy atom. The Balaban J connectivity index is 3.20. The summed E-state index contributed by atoms with van der Waals surface area (Å²) in [7, 11) is 0. The van der Waals surface area contributed by atoms with E-state index in [-0.39, 0.29) is 17.8 Å². The van der Waals surface area contributed by atoms with Crippen LogP contribution >= 0.6 is 0 Å². The molecule has 0 amide bonds. The minimum atomic E-state index is -4.96. The third-order valence-electron chi connectivity index (χ3n) is 1.93. The van der Waals surface area contributed by atoms with Gasteiger partial charge in [0.15, 0.2) is 0 Å². The van der Waals surface area contributed by atoms with Gasteiger partial charge in [0.2, 0.25) is 5.88 Å². The maximum absolute atomic E-state index is 12.1. The summed E-state index contributed by atoms with van der Waals surface area (Å²) in [6.07, 6.45) is -5.51. The van der Waals surface area contributed by atoms with E-state index in [0.29, 0.717) is 0 Å². The highest BCUT2D eigenvalue weighted by Gasteiger charge is 2.33. The van der Waals surface area contributed by atoms with Crippen molar-refractivity contribution in [1.82, 2.24) is 4.98 Å². The molecule has 1 heterocycles. The zero-order chi connectivity index (χ0) is 13.9. The minimum Gasteiger partial charge on any atom is -0.481 e. The van der Waals surface area contributed by atoms with Crippen LogP contribution in [0, 0.1) is 0 Å². The normalized spacial score (nSPS) is 11.3. The maximum atomic E-state index is 12.1. The standard InChI is InChI=1S/C9H10F3N3O3/c10-9(11,12)18-8-7(14)4(2-6(16)17)1-5(3-13)15-8/h1H,2-3,13-14H2,(H,16,17). The first-order valence-corrected chi connectivity index (χ1v) is 4.69. The monoisotopic (exact) mass is 265 g/mol. The van der Waals surface area contributed by atoms with E-state index >= 15 is 0 Å². The number of ether oxygens (including phenoxy) is 1. The molecule has 6 nitrogen and oxygen atoms in total. The van der Waals surface area contributed by atoms with Crippen LogP contribution < -0.4 is 16.2 Å². The summed E-state index contributed by atoms with van der Waals surface area (Å²) in [6, 6.07) is 1.23. The number of carboxylic acids is 1. The Morgan fingerprint density at radius 3 is 2.56 bits per heavy atom. The quantitative estimate of drug-likeness (QED) is 0.736. The number of carbonyl (C=O) groups is 1. The number of hydrogen-bond donors (Lipinski definition) is 3. The largest absolute Gasteiger partial charge is 0.574 e. The fraction of sp³-hybridized carbons (Fsp3) is 0.333. The van der Waals surface area contributed by atoms with Crippen molar-refractivity contribution < 1.29 is 27.8 Å². The van der Waals surface area contributed by atoms with Gasteiger partial charge < -0.3 is 21.3 Å². The summed E-state index contributed by atoms with van der Waals surface area (Å²) in [5, 5.41) is 8.61. The molecular formula is C9H10F3N3O3. The van der Waals surface area contributed by atoms with E-state index < -0.39 is 30.3 Å². The number of anilines is 1. The maximum Gasteiger partial charge on any atom is 0.574 e. The number of halogens is 3. The predicted molar refractivity (Wildman–Crippen MR) is 54.6 cm³/mol. The average molecular weight is 265 g/mol. The zero-order valence-electron chi connectivity index (χ0n) is 8.99. The van der Waals surface area contributed by atoms with Gasteiger partial charge in [0.05, 0.1) is 17.8 Å². The van der Waals surface area contributed by atoms with Crippen molar-refractivity contribution in [3.8, 4) is 5.88 Å². The highest BCUT2D eigenvalue weighted by atomic mass is 19.4. The molecule has 1 aromatic heterocycles. The van der Waals surface area contributed by atoms with Crippen molar-refractivity contribution in [3.05, 3.63) is 17.3 Å². The first-order chi connectivity index (χ1) is 8.23. The van der Waals surface area contributed by atoms with Gasteiger partial charge in [-0.1, -0.05) is 0 Å². The number of hydrogen-bond acceptors (Lipinski definition) is 5. The fourth-order valence-electron chi connectivity index (χ4n) is 1.24. The van der Waals surface area contributed by atoms with E-state index in [2.05, 4.69) is 9.72 Å². The number of alkyl halides is 3. The molecule has 1 rings (SSSR count). The average Bonchev–Trinajstić information content (AvgIpc) is 2.21. The van der Waals surface area contributed by atoms with Crippen molar-refractivity contribution in [2.75, 3.05) is 5.73 Å². The van der Waals surface area contributed by atoms with Crippen molar-refractivity contribution in [2.24, 2.45) is 5.73 Å². The lowest BCUT2D eigenvalue weighted by molar-refractivity contribution is -0.275. The summed E-state index contributed by atoms with van der Waals surface area (Å²) in [5.74, 6) is -2.13. The number of carboxylic acid groups (broad SMARTS) is 1. The number of aliphatic carboxylic acids is 1. The van der Waals surface area contributed by atoms with Crippen molar-refractivity contribution in [1.29, 1.82) is 0 Å². The summed E-state index contributed by atoms with van der Waals surface area (Å²) in [6.45, 7) is -0.166. The van der Waals surface area contributed by atoms with Gasteiger partial charge in [0, 0.05) is 6.54 Å². The van der Waals surface area contributed by atoms with Crippen molar-refractivity contribution in [3.63, 3.8) is 0 Å². The molecule has 0 spiro atoms. The topological polar surface area (TPSA) is 111 Å². The van der Waals surface area contributed by atoms with Gasteiger partial charge in [-0.15, -0.1) is 13.2 Å². The van der Waals surface area contributed by atoms with Crippen molar-refractivity contribution >= 4 is 11.7 Å². The van der Waals surface area contributed by atoms with Crippen LogP contribution in [0.1, 0.15) is 11.3 Å². The molecule has 0 aliphatic carbocycles. The predicted octanol–water partition coefficient (Wildman–Crippen LogP) is 0.648. The van der Waals surface area contributed by atoms with Gasteiger partial charge in [-0.3, -0.25) is 4.79 Å². The Bertz CT molecular complexity index is 462. The van der Waals surface area contributed by atoms with E-state index in [9.17, 15) is 18.0 Å². The first-order valence-electron chi connectivity index (χ1n) is 4.69. The molecule has 100 valence electrons. The number of rotatable bonds is 4. The molecule has 0 saturated heterocycles. The molecule has 0 unspecified atom stereocenters. The van der Waals surface area contributed by atoms with Crippen LogP contribution in [0.4, 0.5) is 18.9 Å². The van der Waals surface area contributed by atoms with Crippen LogP contribution in [0.5, 0.6) is 5.88 Å². The zero-order valence-corrected chi connectivity index (χ0v) is 8.99. The van der Waals surface area contributed by atoms with E-state index in [4.69, 9.17) is 16.6 Å². The van der Waals surface area contributed by atoms with Crippen LogP contribution in [-0.4, -0.2) is 22.4 Å². The lowest BCUT2D eigenvalue weighted by atomic mass is 10.1.